The number of carbonyl (C=O) groups excluding carboxylic acids is 2. The molecule has 0 radical (unpaired) electrons. The molecule has 4 heteroatoms. The summed E-state index contributed by atoms with van der Waals surface area (Å²) in [5.41, 5.74) is 2.35. The number of hydroxylamine groups is 2. The van der Waals surface area contributed by atoms with Crippen LogP contribution in [-0.4, -0.2) is 23.5 Å². The molecule has 4 nitrogen and oxygen atoms in total. The quantitative estimate of drug-likeness (QED) is 0.808. The number of nitrogens with zero attached hydrogens (tertiary/aromatic N) is 1. The normalized spacial score (nSPS) is 13.4. The first-order chi connectivity index (χ1) is 10.2. The van der Waals surface area contributed by atoms with Crippen molar-refractivity contribution in [2.75, 3.05) is 6.61 Å². The first kappa shape index (κ1) is 13.3. The van der Waals surface area contributed by atoms with Crippen LogP contribution in [0.2, 0.25) is 0 Å². The molecule has 21 heavy (non-hydrogen) atoms. The average molecular weight is 279 g/mol. The average Bonchev–Trinajstić information content (AvgIpc) is 2.78. The number of fused-ring (bicyclic) bond motifs is 1. The molecule has 3 rings (SSSR count). The predicted octanol–water partition coefficient (Wildman–Crippen LogP) is 2.93. The first-order valence-electron chi connectivity index (χ1n) is 6.52. The Labute approximate surface area is 122 Å². The maximum absolute atomic E-state index is 12.1. The van der Waals surface area contributed by atoms with Crippen molar-refractivity contribution < 1.29 is 14.4 Å². The third kappa shape index (κ3) is 2.37. The number of hydrogen-bond acceptors (Lipinski definition) is 3. The van der Waals surface area contributed by atoms with E-state index in [9.17, 15) is 9.59 Å². The molecule has 1 aliphatic heterocycles. The molecule has 0 atom stereocenters. The molecule has 104 valence electrons. The van der Waals surface area contributed by atoms with Gasteiger partial charge in [-0.25, -0.2) is 0 Å². The molecule has 0 N–H and O–H groups in total. The van der Waals surface area contributed by atoms with Gasteiger partial charge in [0.15, 0.2) is 0 Å². The number of amides is 2. The molecule has 2 aromatic carbocycles. The summed E-state index contributed by atoms with van der Waals surface area (Å²) in [5.74, 6) is -0.868. The van der Waals surface area contributed by atoms with Crippen LogP contribution in [0.25, 0.3) is 5.57 Å². The van der Waals surface area contributed by atoms with Gasteiger partial charge in [0.1, 0.15) is 6.61 Å². The second-order valence-electron chi connectivity index (χ2n) is 4.69. The van der Waals surface area contributed by atoms with Gasteiger partial charge in [-0.3, -0.25) is 14.4 Å². The van der Waals surface area contributed by atoms with Crippen molar-refractivity contribution >= 4 is 17.4 Å². The van der Waals surface area contributed by atoms with Crippen molar-refractivity contribution in [3.05, 3.63) is 77.9 Å². The molecule has 0 spiro atoms. The summed E-state index contributed by atoms with van der Waals surface area (Å²) in [4.78, 5) is 29.6. The molecule has 0 aromatic heterocycles. The molecule has 2 aromatic rings. The fourth-order valence-corrected chi connectivity index (χ4v) is 2.18. The zero-order chi connectivity index (χ0) is 14.8. The predicted molar refractivity (Wildman–Crippen MR) is 78.4 cm³/mol. The van der Waals surface area contributed by atoms with Gasteiger partial charge in [-0.1, -0.05) is 49.0 Å². The van der Waals surface area contributed by atoms with Gasteiger partial charge in [-0.15, -0.1) is 5.06 Å². The minimum atomic E-state index is -0.434. The highest BCUT2D eigenvalue weighted by atomic mass is 16.7. The molecular weight excluding hydrogens is 266 g/mol. The summed E-state index contributed by atoms with van der Waals surface area (Å²) < 4.78 is 0. The van der Waals surface area contributed by atoms with E-state index < -0.39 is 11.8 Å². The topological polar surface area (TPSA) is 46.6 Å². The molecule has 0 bridgehead atoms. The second-order valence-corrected chi connectivity index (χ2v) is 4.69. The zero-order valence-electron chi connectivity index (χ0n) is 11.3. The Morgan fingerprint density at radius 2 is 1.43 bits per heavy atom. The molecular formula is C17H13NO3. The lowest BCUT2D eigenvalue weighted by molar-refractivity contribution is -0.0779. The van der Waals surface area contributed by atoms with Gasteiger partial charge in [0.05, 0.1) is 11.1 Å². The van der Waals surface area contributed by atoms with Gasteiger partial charge in [0, 0.05) is 0 Å². The van der Waals surface area contributed by atoms with E-state index in [0.29, 0.717) is 16.7 Å². The van der Waals surface area contributed by atoms with Crippen LogP contribution in [0.15, 0.2) is 61.2 Å². The van der Waals surface area contributed by atoms with Crippen LogP contribution < -0.4 is 0 Å². The Morgan fingerprint density at radius 1 is 0.905 bits per heavy atom. The van der Waals surface area contributed by atoms with Crippen molar-refractivity contribution in [2.45, 2.75) is 0 Å². The minimum absolute atomic E-state index is 0.0789. The minimum Gasteiger partial charge on any atom is -0.266 e. The lowest BCUT2D eigenvalue weighted by Crippen LogP contribution is -2.30. The maximum atomic E-state index is 12.1. The van der Waals surface area contributed by atoms with Crippen molar-refractivity contribution in [1.82, 2.24) is 5.06 Å². The number of hydrogen-bond donors (Lipinski definition) is 0. The van der Waals surface area contributed by atoms with Crippen LogP contribution >= 0.6 is 0 Å². The smallest absolute Gasteiger partial charge is 0.266 e. The zero-order valence-corrected chi connectivity index (χ0v) is 11.3. The van der Waals surface area contributed by atoms with Crippen LogP contribution in [-0.2, 0) is 4.84 Å². The van der Waals surface area contributed by atoms with E-state index in [4.69, 9.17) is 4.84 Å². The lowest BCUT2D eigenvalue weighted by atomic mass is 10.1. The van der Waals surface area contributed by atoms with Crippen molar-refractivity contribution in [3.63, 3.8) is 0 Å². The van der Waals surface area contributed by atoms with Gasteiger partial charge < -0.3 is 0 Å². The standard InChI is InChI=1S/C17H13NO3/c1-12(13-7-3-2-4-8-13)11-21-18-16(19)14-9-5-6-10-15(14)17(18)20/h2-10H,1,11H2. The highest BCUT2D eigenvalue weighted by Crippen LogP contribution is 2.23. The Bertz CT molecular complexity index is 687. The maximum Gasteiger partial charge on any atom is 0.285 e. The Kier molecular flexibility index (Phi) is 3.38. The molecule has 1 heterocycles. The van der Waals surface area contributed by atoms with Crippen LogP contribution in [0.1, 0.15) is 26.3 Å². The van der Waals surface area contributed by atoms with E-state index in [-0.39, 0.29) is 6.61 Å². The molecule has 0 saturated heterocycles. The third-order valence-electron chi connectivity index (χ3n) is 3.31. The van der Waals surface area contributed by atoms with Gasteiger partial charge in [0.25, 0.3) is 11.8 Å². The van der Waals surface area contributed by atoms with E-state index >= 15 is 0 Å². The van der Waals surface area contributed by atoms with Gasteiger partial charge in [0.2, 0.25) is 0 Å². The number of carbonyl (C=O) groups is 2. The first-order valence-corrected chi connectivity index (χ1v) is 6.52. The molecule has 0 fully saturated rings. The number of benzene rings is 2. The van der Waals surface area contributed by atoms with E-state index in [0.717, 1.165) is 10.6 Å². The third-order valence-corrected chi connectivity index (χ3v) is 3.31. The molecule has 0 unspecified atom stereocenters. The summed E-state index contributed by atoms with van der Waals surface area (Å²) in [5, 5.41) is 0.804. The Morgan fingerprint density at radius 3 is 2.00 bits per heavy atom. The SMILES string of the molecule is C=C(CON1C(=O)c2ccccc2C1=O)c1ccccc1. The van der Waals surface area contributed by atoms with Gasteiger partial charge >= 0.3 is 0 Å². The monoisotopic (exact) mass is 279 g/mol. The van der Waals surface area contributed by atoms with Crippen LogP contribution in [0, 0.1) is 0 Å². The van der Waals surface area contributed by atoms with E-state index in [1.165, 1.54) is 0 Å². The lowest BCUT2D eigenvalue weighted by Gasteiger charge is -2.14. The van der Waals surface area contributed by atoms with Gasteiger partial charge in [-0.05, 0) is 23.3 Å². The summed E-state index contributed by atoms with van der Waals surface area (Å²) in [6.07, 6.45) is 0. The molecule has 1 aliphatic rings. The second kappa shape index (κ2) is 5.34. The van der Waals surface area contributed by atoms with Crippen molar-refractivity contribution in [1.29, 1.82) is 0 Å². The van der Waals surface area contributed by atoms with E-state index in [1.807, 2.05) is 30.3 Å². The Balaban J connectivity index is 1.72. The van der Waals surface area contributed by atoms with Crippen molar-refractivity contribution in [2.24, 2.45) is 0 Å². The van der Waals surface area contributed by atoms with E-state index in [1.54, 1.807) is 24.3 Å². The summed E-state index contributed by atoms with van der Waals surface area (Å²) in [6.45, 7) is 3.99. The fraction of sp³-hybridized carbons (Fsp3) is 0.0588. The van der Waals surface area contributed by atoms with Gasteiger partial charge in [-0.2, -0.15) is 0 Å². The Hall–Kier alpha value is -2.72. The molecule has 2 amide bonds. The van der Waals surface area contributed by atoms with Crippen molar-refractivity contribution in [3.8, 4) is 0 Å². The fourth-order valence-electron chi connectivity index (χ4n) is 2.18. The number of imide groups is 1. The number of rotatable bonds is 4. The summed E-state index contributed by atoms with van der Waals surface area (Å²) in [7, 11) is 0. The largest absolute Gasteiger partial charge is 0.285 e. The molecule has 0 saturated carbocycles. The highest BCUT2D eigenvalue weighted by molar-refractivity contribution is 6.20. The summed E-state index contributed by atoms with van der Waals surface area (Å²) >= 11 is 0. The van der Waals surface area contributed by atoms with E-state index in [2.05, 4.69) is 6.58 Å². The molecule has 0 aliphatic carbocycles. The van der Waals surface area contributed by atoms with Crippen LogP contribution in [0.5, 0.6) is 0 Å². The van der Waals surface area contributed by atoms with Crippen LogP contribution in [0.4, 0.5) is 0 Å². The summed E-state index contributed by atoms with van der Waals surface area (Å²) in [6, 6.07) is 16.2. The van der Waals surface area contributed by atoms with Crippen LogP contribution in [0.3, 0.4) is 0 Å². The highest BCUT2D eigenvalue weighted by Gasteiger charge is 2.36.